The number of pyridine rings is 1. The molecular weight excluding hydrogens is 348 g/mol. The Kier molecular flexibility index (Phi) is 4.33. The summed E-state index contributed by atoms with van der Waals surface area (Å²) >= 11 is 1.59. The molecule has 0 atom stereocenters. The lowest BCUT2D eigenvalue weighted by atomic mass is 10.1. The molecule has 1 aromatic carbocycles. The van der Waals surface area contributed by atoms with Crippen molar-refractivity contribution in [2.24, 2.45) is 0 Å². The van der Waals surface area contributed by atoms with Crippen LogP contribution in [0.3, 0.4) is 0 Å². The van der Waals surface area contributed by atoms with Gasteiger partial charge in [-0.1, -0.05) is 24.3 Å². The van der Waals surface area contributed by atoms with Gasteiger partial charge in [0.2, 0.25) is 0 Å². The van der Waals surface area contributed by atoms with E-state index in [9.17, 15) is 9.59 Å². The molecule has 0 aliphatic carbocycles. The Labute approximate surface area is 152 Å². The van der Waals surface area contributed by atoms with Gasteiger partial charge in [0.05, 0.1) is 16.0 Å². The molecule has 0 saturated carbocycles. The molecule has 6 heteroatoms. The Morgan fingerprint density at radius 3 is 2.85 bits per heavy atom. The Morgan fingerprint density at radius 2 is 2.00 bits per heavy atom. The van der Waals surface area contributed by atoms with E-state index >= 15 is 0 Å². The second-order valence-corrected chi connectivity index (χ2v) is 6.59. The lowest BCUT2D eigenvalue weighted by Crippen LogP contribution is -2.24. The fourth-order valence-electron chi connectivity index (χ4n) is 2.69. The lowest BCUT2D eigenvalue weighted by Gasteiger charge is -2.08. The number of nitrogens with zero attached hydrogens (tertiary/aromatic N) is 1. The summed E-state index contributed by atoms with van der Waals surface area (Å²) in [5.41, 5.74) is 1.89. The van der Waals surface area contributed by atoms with Gasteiger partial charge in [0, 0.05) is 18.8 Å². The third-order valence-electron chi connectivity index (χ3n) is 3.94. The molecule has 5 nitrogen and oxygen atoms in total. The van der Waals surface area contributed by atoms with E-state index in [2.05, 4.69) is 10.3 Å². The number of carbonyl (C=O) groups excluding carboxylic acids is 1. The van der Waals surface area contributed by atoms with E-state index in [0.717, 1.165) is 16.1 Å². The largest absolute Gasteiger partial charge is 0.451 e. The van der Waals surface area contributed by atoms with Gasteiger partial charge in [-0.3, -0.25) is 14.6 Å². The SMILES string of the molecule is O=C(NCc1cccnc1-c1cccs1)c1cc(=O)c2ccccc2o1. The number of thiophene rings is 1. The van der Waals surface area contributed by atoms with Crippen LogP contribution < -0.4 is 10.7 Å². The highest BCUT2D eigenvalue weighted by Gasteiger charge is 2.13. The summed E-state index contributed by atoms with van der Waals surface area (Å²) < 4.78 is 5.57. The van der Waals surface area contributed by atoms with Gasteiger partial charge < -0.3 is 9.73 Å². The molecule has 3 aromatic heterocycles. The third-order valence-corrected chi connectivity index (χ3v) is 4.82. The zero-order valence-corrected chi connectivity index (χ0v) is 14.5. The molecule has 1 N–H and O–H groups in total. The van der Waals surface area contributed by atoms with Crippen LogP contribution in [0, 0.1) is 0 Å². The van der Waals surface area contributed by atoms with Gasteiger partial charge in [0.1, 0.15) is 5.58 Å². The van der Waals surface area contributed by atoms with Crippen LogP contribution in [0.2, 0.25) is 0 Å². The molecule has 0 aliphatic rings. The van der Waals surface area contributed by atoms with E-state index in [4.69, 9.17) is 4.42 Å². The van der Waals surface area contributed by atoms with Crippen LogP contribution in [-0.4, -0.2) is 10.9 Å². The average molecular weight is 362 g/mol. The molecule has 4 rings (SSSR count). The summed E-state index contributed by atoms with van der Waals surface area (Å²) in [4.78, 5) is 30.0. The van der Waals surface area contributed by atoms with Crippen LogP contribution >= 0.6 is 11.3 Å². The first-order valence-corrected chi connectivity index (χ1v) is 8.89. The highest BCUT2D eigenvalue weighted by Crippen LogP contribution is 2.25. The Bertz CT molecular complexity index is 1130. The quantitative estimate of drug-likeness (QED) is 0.599. The molecule has 0 aliphatic heterocycles. The van der Waals surface area contributed by atoms with Crippen molar-refractivity contribution < 1.29 is 9.21 Å². The molecule has 26 heavy (non-hydrogen) atoms. The van der Waals surface area contributed by atoms with Crippen molar-refractivity contribution in [3.63, 3.8) is 0 Å². The van der Waals surface area contributed by atoms with E-state index in [1.165, 1.54) is 6.07 Å². The first-order chi connectivity index (χ1) is 12.7. The summed E-state index contributed by atoms with van der Waals surface area (Å²) in [5.74, 6) is -0.441. The third kappa shape index (κ3) is 3.14. The normalized spacial score (nSPS) is 10.8. The number of hydrogen-bond donors (Lipinski definition) is 1. The van der Waals surface area contributed by atoms with Gasteiger partial charge >= 0.3 is 0 Å². The van der Waals surface area contributed by atoms with E-state index in [0.29, 0.717) is 11.0 Å². The smallest absolute Gasteiger partial charge is 0.287 e. The fraction of sp³-hybridized carbons (Fsp3) is 0.0500. The molecule has 4 aromatic rings. The van der Waals surface area contributed by atoms with Crippen LogP contribution in [0.4, 0.5) is 0 Å². The number of nitrogens with one attached hydrogen (secondary N) is 1. The van der Waals surface area contributed by atoms with E-state index in [1.807, 2.05) is 29.6 Å². The van der Waals surface area contributed by atoms with Gasteiger partial charge in [-0.15, -0.1) is 11.3 Å². The van der Waals surface area contributed by atoms with Gasteiger partial charge in [0.15, 0.2) is 11.2 Å². The molecule has 0 fully saturated rings. The maximum absolute atomic E-state index is 12.5. The number of hydrogen-bond acceptors (Lipinski definition) is 5. The van der Waals surface area contributed by atoms with E-state index in [-0.39, 0.29) is 17.7 Å². The molecule has 1 amide bonds. The van der Waals surface area contributed by atoms with Gasteiger partial charge in [-0.05, 0) is 35.2 Å². The van der Waals surface area contributed by atoms with Crippen molar-refractivity contribution in [1.82, 2.24) is 10.3 Å². The molecule has 3 heterocycles. The summed E-state index contributed by atoms with van der Waals surface area (Å²) in [5, 5.41) is 5.24. The molecule has 0 radical (unpaired) electrons. The Morgan fingerprint density at radius 1 is 1.12 bits per heavy atom. The van der Waals surface area contributed by atoms with Crippen molar-refractivity contribution in [3.8, 4) is 10.6 Å². The summed E-state index contributed by atoms with van der Waals surface area (Å²) in [6.45, 7) is 0.288. The van der Waals surface area contributed by atoms with Crippen LogP contribution in [-0.2, 0) is 6.54 Å². The second kappa shape index (κ2) is 6.93. The van der Waals surface area contributed by atoms with Gasteiger partial charge in [-0.2, -0.15) is 0 Å². The number of benzene rings is 1. The minimum absolute atomic E-state index is 0.00439. The van der Waals surface area contributed by atoms with Crippen LogP contribution in [0.5, 0.6) is 0 Å². The minimum atomic E-state index is -0.436. The van der Waals surface area contributed by atoms with Crippen molar-refractivity contribution in [2.45, 2.75) is 6.54 Å². The minimum Gasteiger partial charge on any atom is -0.451 e. The monoisotopic (exact) mass is 362 g/mol. The van der Waals surface area contributed by atoms with Crippen LogP contribution in [0.1, 0.15) is 16.1 Å². The number of para-hydroxylation sites is 1. The molecular formula is C20H14N2O3S. The maximum Gasteiger partial charge on any atom is 0.287 e. The molecule has 0 saturated heterocycles. The van der Waals surface area contributed by atoms with Gasteiger partial charge in [0.25, 0.3) is 5.91 Å². The standard InChI is InChI=1S/C20H14N2O3S/c23-15-11-17(25-16-7-2-1-6-14(15)16)20(24)22-12-13-5-3-9-21-19(13)18-8-4-10-26-18/h1-11H,12H2,(H,22,24). The number of amides is 1. The van der Waals surface area contributed by atoms with Crippen molar-refractivity contribution >= 4 is 28.2 Å². The maximum atomic E-state index is 12.5. The van der Waals surface area contributed by atoms with Crippen LogP contribution in [0.25, 0.3) is 21.5 Å². The first kappa shape index (κ1) is 16.2. The Balaban J connectivity index is 1.58. The summed E-state index contributed by atoms with van der Waals surface area (Å²) in [6.07, 6.45) is 1.72. The summed E-state index contributed by atoms with van der Waals surface area (Å²) in [7, 11) is 0. The predicted octanol–water partition coefficient (Wildman–Crippen LogP) is 3.85. The van der Waals surface area contributed by atoms with Crippen molar-refractivity contribution in [1.29, 1.82) is 0 Å². The van der Waals surface area contributed by atoms with Crippen molar-refractivity contribution in [3.05, 3.63) is 87.7 Å². The zero-order chi connectivity index (χ0) is 17.9. The van der Waals surface area contributed by atoms with Crippen molar-refractivity contribution in [2.75, 3.05) is 0 Å². The molecule has 128 valence electrons. The van der Waals surface area contributed by atoms with Crippen LogP contribution in [0.15, 0.2) is 75.4 Å². The summed E-state index contributed by atoms with van der Waals surface area (Å²) in [6, 6.07) is 15.8. The topological polar surface area (TPSA) is 72.2 Å². The Hall–Kier alpha value is -3.25. The highest BCUT2D eigenvalue weighted by molar-refractivity contribution is 7.13. The second-order valence-electron chi connectivity index (χ2n) is 5.64. The number of carbonyl (C=O) groups is 1. The molecule has 0 spiro atoms. The highest BCUT2D eigenvalue weighted by atomic mass is 32.1. The first-order valence-electron chi connectivity index (χ1n) is 8.01. The van der Waals surface area contributed by atoms with E-state index in [1.54, 1.807) is 41.8 Å². The number of aromatic nitrogens is 1. The molecule has 0 unspecified atom stereocenters. The predicted molar refractivity (Wildman–Crippen MR) is 101 cm³/mol. The molecule has 0 bridgehead atoms. The average Bonchev–Trinajstić information content (AvgIpc) is 3.21. The number of fused-ring (bicyclic) bond motifs is 1. The van der Waals surface area contributed by atoms with Gasteiger partial charge in [-0.25, -0.2) is 0 Å². The lowest BCUT2D eigenvalue weighted by molar-refractivity contribution is 0.0924. The van der Waals surface area contributed by atoms with E-state index < -0.39 is 5.91 Å². The zero-order valence-electron chi connectivity index (χ0n) is 13.6. The fourth-order valence-corrected chi connectivity index (χ4v) is 3.45. The number of rotatable bonds is 4.